The van der Waals surface area contributed by atoms with Crippen molar-refractivity contribution in [2.24, 2.45) is 0 Å². The molecule has 0 bridgehead atoms. The van der Waals surface area contributed by atoms with E-state index in [1.807, 2.05) is 13.0 Å². The van der Waals surface area contributed by atoms with E-state index in [0.717, 1.165) is 38.5 Å². The number of phenolic OH excluding ortho intramolecular Hbond substituents is 2. The van der Waals surface area contributed by atoms with Gasteiger partial charge in [-0.3, -0.25) is 4.79 Å². The molecule has 0 unspecified atom stereocenters. The largest absolute Gasteiger partial charge is 0.507 e. The number of methoxy groups -OCH3 is 1. The Morgan fingerprint density at radius 1 is 1.32 bits per heavy atom. The van der Waals surface area contributed by atoms with Crippen LogP contribution in [0.1, 0.15) is 85.5 Å². The van der Waals surface area contributed by atoms with Gasteiger partial charge in [-0.1, -0.05) is 31.4 Å². The number of benzene rings is 1. The summed E-state index contributed by atoms with van der Waals surface area (Å²) in [7, 11) is 1.26. The Hall–Kier alpha value is -3.29. The molecule has 1 aliphatic carbocycles. The molecular formula is C26H35N3O5. The van der Waals surface area contributed by atoms with Gasteiger partial charge < -0.3 is 25.3 Å². The number of esters is 1. The molecule has 8 heteroatoms. The van der Waals surface area contributed by atoms with Crippen LogP contribution in [0.4, 0.5) is 0 Å². The summed E-state index contributed by atoms with van der Waals surface area (Å²) in [4.78, 5) is 32.8. The van der Waals surface area contributed by atoms with Crippen molar-refractivity contribution in [2.45, 2.75) is 77.2 Å². The molecule has 4 N–H and O–H groups in total. The number of hydrogen-bond donors (Lipinski definition) is 4. The number of carbonyl (C=O) groups is 2. The highest BCUT2D eigenvalue weighted by molar-refractivity contribution is 6.01. The van der Waals surface area contributed by atoms with Crippen LogP contribution in [0.2, 0.25) is 0 Å². The van der Waals surface area contributed by atoms with E-state index in [9.17, 15) is 19.8 Å². The van der Waals surface area contributed by atoms with Gasteiger partial charge in [0.05, 0.1) is 19.0 Å². The molecule has 1 aromatic heterocycles. The van der Waals surface area contributed by atoms with Gasteiger partial charge in [-0.05, 0) is 50.7 Å². The van der Waals surface area contributed by atoms with Crippen molar-refractivity contribution in [3.05, 3.63) is 52.6 Å². The Kier molecular flexibility index (Phi) is 8.73. The highest BCUT2D eigenvalue weighted by Crippen LogP contribution is 2.44. The molecule has 0 fully saturated rings. The van der Waals surface area contributed by atoms with Gasteiger partial charge in [-0.25, -0.2) is 9.78 Å². The Labute approximate surface area is 200 Å². The normalized spacial score (nSPS) is 16.6. The number of unbranched alkanes of at least 4 members (excludes halogenated alkanes) is 2. The van der Waals surface area contributed by atoms with Crippen LogP contribution in [0.5, 0.6) is 11.5 Å². The molecule has 1 heterocycles. The van der Waals surface area contributed by atoms with Crippen LogP contribution in [0.3, 0.4) is 0 Å². The third-order valence-corrected chi connectivity index (χ3v) is 6.39. The summed E-state index contributed by atoms with van der Waals surface area (Å²) in [5.74, 6) is -1.56. The highest BCUT2D eigenvalue weighted by Gasteiger charge is 2.30. The molecule has 0 spiro atoms. The van der Waals surface area contributed by atoms with Gasteiger partial charge in [-0.15, -0.1) is 0 Å². The van der Waals surface area contributed by atoms with Gasteiger partial charge in [0.1, 0.15) is 17.5 Å². The number of allylic oxidation sites excluding steroid dienone is 2. The summed E-state index contributed by atoms with van der Waals surface area (Å²) < 4.78 is 4.89. The predicted molar refractivity (Wildman–Crippen MR) is 129 cm³/mol. The minimum Gasteiger partial charge on any atom is -0.507 e. The molecule has 184 valence electrons. The lowest BCUT2D eigenvalue weighted by atomic mass is 9.83. The molecule has 3 rings (SSSR count). The quantitative estimate of drug-likeness (QED) is 0.234. The third-order valence-electron chi connectivity index (χ3n) is 6.39. The van der Waals surface area contributed by atoms with Crippen molar-refractivity contribution >= 4 is 11.9 Å². The number of aromatic amines is 1. The SMILES string of the molecule is CCCCCc1cc(O)c([C@@H]2C=C(C)CCC2)c(O)c1C(=O)N[C@@H](Cc1cnc[nH]1)C(=O)OC. The molecule has 2 aromatic rings. The van der Waals surface area contributed by atoms with E-state index >= 15 is 0 Å². The topological polar surface area (TPSA) is 125 Å². The molecule has 8 nitrogen and oxygen atoms in total. The Bertz CT molecular complexity index is 1030. The van der Waals surface area contributed by atoms with Gasteiger partial charge in [0, 0.05) is 29.8 Å². The first-order valence-corrected chi connectivity index (χ1v) is 12.0. The summed E-state index contributed by atoms with van der Waals surface area (Å²) in [6.07, 6.45) is 11.3. The van der Waals surface area contributed by atoms with Crippen molar-refractivity contribution in [1.82, 2.24) is 15.3 Å². The number of H-pyrrole nitrogens is 1. The minimum absolute atomic E-state index is 0.00141. The molecule has 1 aliphatic rings. The van der Waals surface area contributed by atoms with E-state index in [0.29, 0.717) is 23.2 Å². The van der Waals surface area contributed by atoms with Crippen LogP contribution < -0.4 is 5.32 Å². The van der Waals surface area contributed by atoms with Crippen molar-refractivity contribution in [1.29, 1.82) is 0 Å². The molecule has 0 saturated heterocycles. The second-order valence-corrected chi connectivity index (χ2v) is 8.99. The van der Waals surface area contributed by atoms with Crippen LogP contribution in [0.25, 0.3) is 0 Å². The number of nitrogens with zero attached hydrogens (tertiary/aromatic N) is 1. The van der Waals surface area contributed by atoms with E-state index < -0.39 is 17.9 Å². The number of hydrogen-bond acceptors (Lipinski definition) is 6. The first-order valence-electron chi connectivity index (χ1n) is 12.0. The number of rotatable bonds is 10. The number of nitrogens with one attached hydrogen (secondary N) is 2. The summed E-state index contributed by atoms with van der Waals surface area (Å²) in [5, 5.41) is 24.9. The Morgan fingerprint density at radius 2 is 2.12 bits per heavy atom. The van der Waals surface area contributed by atoms with Crippen molar-refractivity contribution < 1.29 is 24.5 Å². The van der Waals surface area contributed by atoms with Crippen molar-refractivity contribution in [2.75, 3.05) is 7.11 Å². The molecule has 1 aromatic carbocycles. The fraction of sp³-hybridized carbons (Fsp3) is 0.500. The summed E-state index contributed by atoms with van der Waals surface area (Å²) >= 11 is 0. The van der Waals surface area contributed by atoms with E-state index in [4.69, 9.17) is 4.74 Å². The van der Waals surface area contributed by atoms with E-state index in [-0.39, 0.29) is 29.4 Å². The van der Waals surface area contributed by atoms with Crippen LogP contribution in [-0.2, 0) is 22.4 Å². The van der Waals surface area contributed by atoms with Crippen molar-refractivity contribution in [3.8, 4) is 11.5 Å². The van der Waals surface area contributed by atoms with Crippen LogP contribution in [-0.4, -0.2) is 45.2 Å². The monoisotopic (exact) mass is 469 g/mol. The second kappa shape index (κ2) is 11.7. The molecule has 2 atom stereocenters. The molecule has 34 heavy (non-hydrogen) atoms. The molecular weight excluding hydrogens is 434 g/mol. The number of aromatic hydroxyl groups is 2. The van der Waals surface area contributed by atoms with Gasteiger partial charge in [0.15, 0.2) is 0 Å². The van der Waals surface area contributed by atoms with E-state index in [1.165, 1.54) is 19.0 Å². The number of carbonyl (C=O) groups excluding carboxylic acids is 2. The van der Waals surface area contributed by atoms with E-state index in [2.05, 4.69) is 22.2 Å². The highest BCUT2D eigenvalue weighted by atomic mass is 16.5. The molecule has 1 amide bonds. The number of aryl methyl sites for hydroxylation is 1. The van der Waals surface area contributed by atoms with Gasteiger partial charge >= 0.3 is 5.97 Å². The fourth-order valence-corrected chi connectivity index (χ4v) is 4.63. The standard InChI is InChI=1S/C26H35N3O5/c1-4-5-6-9-18-12-21(30)22(17-10-7-8-16(2)11-17)24(31)23(18)25(32)29-20(26(33)34-3)13-19-14-27-15-28-19/h11-12,14-15,17,20,30-31H,4-10,13H2,1-3H3,(H,27,28)(H,29,32)/t17-,20-/m0/s1. The van der Waals surface area contributed by atoms with Crippen molar-refractivity contribution in [3.63, 3.8) is 0 Å². The van der Waals surface area contributed by atoms with Gasteiger partial charge in [0.2, 0.25) is 0 Å². The summed E-state index contributed by atoms with van der Waals surface area (Å²) in [5.41, 5.74) is 2.90. The van der Waals surface area contributed by atoms with Crippen LogP contribution in [0, 0.1) is 0 Å². The molecule has 0 saturated carbocycles. The smallest absolute Gasteiger partial charge is 0.328 e. The zero-order valence-corrected chi connectivity index (χ0v) is 20.2. The number of aromatic nitrogens is 2. The number of ether oxygens (including phenoxy) is 1. The molecule has 0 radical (unpaired) electrons. The maximum atomic E-state index is 13.5. The Balaban J connectivity index is 1.99. The van der Waals surface area contributed by atoms with Gasteiger partial charge in [-0.2, -0.15) is 0 Å². The summed E-state index contributed by atoms with van der Waals surface area (Å²) in [6, 6.07) is 0.634. The zero-order chi connectivity index (χ0) is 24.7. The average molecular weight is 470 g/mol. The lowest BCUT2D eigenvalue weighted by Gasteiger charge is -2.24. The van der Waals surface area contributed by atoms with Crippen LogP contribution in [0.15, 0.2) is 30.2 Å². The first kappa shape index (κ1) is 25.3. The maximum absolute atomic E-state index is 13.5. The van der Waals surface area contributed by atoms with Crippen LogP contribution >= 0.6 is 0 Å². The van der Waals surface area contributed by atoms with E-state index in [1.54, 1.807) is 12.3 Å². The zero-order valence-electron chi connectivity index (χ0n) is 20.2. The molecule has 0 aliphatic heterocycles. The maximum Gasteiger partial charge on any atom is 0.328 e. The predicted octanol–water partition coefficient (Wildman–Crippen LogP) is 4.28. The Morgan fingerprint density at radius 3 is 2.76 bits per heavy atom. The number of phenols is 2. The second-order valence-electron chi connectivity index (χ2n) is 8.99. The fourth-order valence-electron chi connectivity index (χ4n) is 4.63. The van der Waals surface area contributed by atoms with Gasteiger partial charge in [0.25, 0.3) is 5.91 Å². The number of imidazole rings is 1. The number of amides is 1. The lowest BCUT2D eigenvalue weighted by Crippen LogP contribution is -2.43. The lowest BCUT2D eigenvalue weighted by molar-refractivity contribution is -0.142. The first-order chi connectivity index (χ1) is 16.3. The summed E-state index contributed by atoms with van der Waals surface area (Å²) in [6.45, 7) is 4.11. The minimum atomic E-state index is -0.963. The average Bonchev–Trinajstić information content (AvgIpc) is 3.31. The third kappa shape index (κ3) is 5.98.